The summed E-state index contributed by atoms with van der Waals surface area (Å²) in [6, 6.07) is 12.3. The molecule has 0 N–H and O–H groups in total. The van der Waals surface area contributed by atoms with Gasteiger partial charge in [0, 0.05) is 15.6 Å². The van der Waals surface area contributed by atoms with Gasteiger partial charge in [-0.25, -0.2) is 0 Å². The molecule has 120 valence electrons. The van der Waals surface area contributed by atoms with Gasteiger partial charge in [0.05, 0.1) is 0 Å². The molecule has 0 bridgehead atoms. The van der Waals surface area contributed by atoms with Crippen molar-refractivity contribution in [2.75, 3.05) is 0 Å². The van der Waals surface area contributed by atoms with Crippen molar-refractivity contribution in [3.05, 3.63) is 58.4 Å². The van der Waals surface area contributed by atoms with E-state index in [2.05, 4.69) is 20.5 Å². The van der Waals surface area contributed by atoms with E-state index >= 15 is 0 Å². The quantitative estimate of drug-likeness (QED) is 0.554. The number of benzene rings is 2. The van der Waals surface area contributed by atoms with E-state index < -0.39 is 0 Å². The minimum absolute atomic E-state index is 0.0472. The molecule has 0 unspecified atom stereocenters. The molecule has 0 saturated carbocycles. The molecule has 24 heavy (non-hydrogen) atoms. The molecule has 0 fully saturated rings. The number of aromatic nitrogens is 5. The molecule has 2 heterocycles. The third-order valence-corrected chi connectivity index (χ3v) is 3.73. The number of rotatable bonds is 4. The summed E-state index contributed by atoms with van der Waals surface area (Å²) in [5.74, 6) is 0.697. The lowest BCUT2D eigenvalue weighted by atomic mass is 10.2. The van der Waals surface area contributed by atoms with Crippen LogP contribution in [0.3, 0.4) is 0 Å². The lowest BCUT2D eigenvalue weighted by Crippen LogP contribution is -2.13. The van der Waals surface area contributed by atoms with E-state index in [1.54, 1.807) is 42.5 Å². The first kappa shape index (κ1) is 14.9. The second-order valence-corrected chi connectivity index (χ2v) is 5.75. The molecule has 4 aromatic rings. The van der Waals surface area contributed by atoms with Gasteiger partial charge < -0.3 is 9.25 Å². The minimum atomic E-state index is 0.0472. The molecule has 0 amide bonds. The highest BCUT2D eigenvalue weighted by Gasteiger charge is 2.11. The van der Waals surface area contributed by atoms with Crippen molar-refractivity contribution in [3.63, 3.8) is 0 Å². The Labute approximate surface area is 145 Å². The molecule has 0 aliphatic carbocycles. The van der Waals surface area contributed by atoms with Gasteiger partial charge in [-0.05, 0) is 47.7 Å². The molecule has 0 radical (unpaired) electrons. The van der Waals surface area contributed by atoms with E-state index in [-0.39, 0.29) is 6.61 Å². The molecule has 9 heteroatoms. The average Bonchev–Trinajstić information content (AvgIpc) is 3.20. The molecular weight excluding hydrogens is 353 g/mol. The predicted molar refractivity (Wildman–Crippen MR) is 87.6 cm³/mol. The molecule has 2 aromatic carbocycles. The maximum absolute atomic E-state index is 5.97. The Hall–Kier alpha value is -2.64. The molecule has 2 aromatic heterocycles. The number of hydrogen-bond donors (Lipinski definition) is 0. The van der Waals surface area contributed by atoms with E-state index in [1.165, 1.54) is 4.85 Å². The van der Waals surface area contributed by atoms with Crippen LogP contribution in [-0.4, -0.2) is 25.4 Å². The van der Waals surface area contributed by atoms with Crippen LogP contribution < -0.4 is 4.84 Å². The predicted octanol–water partition coefficient (Wildman–Crippen LogP) is 3.42. The van der Waals surface area contributed by atoms with Crippen molar-refractivity contribution in [1.82, 2.24) is 25.4 Å². The zero-order valence-electron chi connectivity index (χ0n) is 12.1. The Morgan fingerprint density at radius 2 is 1.75 bits per heavy atom. The van der Waals surface area contributed by atoms with Crippen LogP contribution in [0, 0.1) is 0 Å². The van der Waals surface area contributed by atoms with E-state index in [0.29, 0.717) is 32.9 Å². The van der Waals surface area contributed by atoms with Crippen molar-refractivity contribution in [1.29, 1.82) is 0 Å². The summed E-state index contributed by atoms with van der Waals surface area (Å²) in [4.78, 5) is 6.81. The Balaban J connectivity index is 1.51. The summed E-state index contributed by atoms with van der Waals surface area (Å²) >= 11 is 11.8. The zero-order chi connectivity index (χ0) is 16.5. The minimum Gasteiger partial charge on any atom is -0.417 e. The molecule has 0 spiro atoms. The van der Waals surface area contributed by atoms with Gasteiger partial charge in [0.15, 0.2) is 6.61 Å². The van der Waals surface area contributed by atoms with E-state index in [9.17, 15) is 0 Å². The second-order valence-electron chi connectivity index (χ2n) is 4.88. The zero-order valence-corrected chi connectivity index (χ0v) is 13.6. The second kappa shape index (κ2) is 6.10. The van der Waals surface area contributed by atoms with Gasteiger partial charge >= 0.3 is 0 Å². The topological polar surface area (TPSA) is 78.9 Å². The van der Waals surface area contributed by atoms with Gasteiger partial charge in [0.2, 0.25) is 5.89 Å². The van der Waals surface area contributed by atoms with Gasteiger partial charge in [-0.1, -0.05) is 28.0 Å². The van der Waals surface area contributed by atoms with Gasteiger partial charge in [-0.3, -0.25) is 0 Å². The smallest absolute Gasteiger partial charge is 0.257 e. The van der Waals surface area contributed by atoms with Gasteiger partial charge in [-0.15, -0.1) is 15.3 Å². The van der Waals surface area contributed by atoms with E-state index in [0.717, 1.165) is 5.56 Å². The van der Waals surface area contributed by atoms with Crippen LogP contribution in [0.5, 0.6) is 0 Å². The van der Waals surface area contributed by atoms with Crippen molar-refractivity contribution >= 4 is 34.2 Å². The van der Waals surface area contributed by atoms with Crippen LogP contribution in [0.1, 0.15) is 5.89 Å². The van der Waals surface area contributed by atoms with Gasteiger partial charge in [0.1, 0.15) is 11.0 Å². The molecule has 0 aliphatic heterocycles. The standard InChI is InChI=1S/C15H9Cl2N5O2/c16-10-3-1-9(2-4-10)15-20-19-14(24-15)8-23-22-13-7-11(17)5-6-12(13)18-21-22/h1-7H,8H2. The Morgan fingerprint density at radius 3 is 2.58 bits per heavy atom. The maximum atomic E-state index is 5.97. The number of nitrogens with zero attached hydrogens (tertiary/aromatic N) is 5. The summed E-state index contributed by atoms with van der Waals surface area (Å²) in [7, 11) is 0. The average molecular weight is 362 g/mol. The van der Waals surface area contributed by atoms with Crippen LogP contribution in [0.2, 0.25) is 10.0 Å². The van der Waals surface area contributed by atoms with E-state index in [1.807, 2.05) is 0 Å². The monoisotopic (exact) mass is 361 g/mol. The molecule has 0 saturated heterocycles. The van der Waals surface area contributed by atoms with Crippen molar-refractivity contribution < 1.29 is 9.25 Å². The fourth-order valence-corrected chi connectivity index (χ4v) is 2.40. The number of hydrogen-bond acceptors (Lipinski definition) is 6. The first-order valence-electron chi connectivity index (χ1n) is 6.91. The summed E-state index contributed by atoms with van der Waals surface area (Å²) in [5.41, 5.74) is 2.10. The normalized spacial score (nSPS) is 11.1. The molecule has 0 aliphatic rings. The van der Waals surface area contributed by atoms with E-state index in [4.69, 9.17) is 32.5 Å². The highest BCUT2D eigenvalue weighted by molar-refractivity contribution is 6.31. The van der Waals surface area contributed by atoms with Gasteiger partial charge in [0.25, 0.3) is 5.89 Å². The lowest BCUT2D eigenvalue weighted by Gasteiger charge is -2.02. The largest absolute Gasteiger partial charge is 0.417 e. The van der Waals surface area contributed by atoms with Crippen molar-refractivity contribution in [2.24, 2.45) is 0 Å². The summed E-state index contributed by atoms with van der Waals surface area (Å²) in [5, 5.41) is 17.0. The number of fused-ring (bicyclic) bond motifs is 1. The fourth-order valence-electron chi connectivity index (χ4n) is 2.10. The summed E-state index contributed by atoms with van der Waals surface area (Å²) in [6.07, 6.45) is 0. The molecule has 7 nitrogen and oxygen atoms in total. The van der Waals surface area contributed by atoms with Gasteiger partial charge in [-0.2, -0.15) is 0 Å². The Kier molecular flexibility index (Phi) is 3.79. The Bertz CT molecular complexity index is 997. The molecular formula is C15H9Cl2N5O2. The molecule has 4 rings (SSSR count). The van der Waals surface area contributed by atoms with Crippen LogP contribution in [0.25, 0.3) is 22.5 Å². The van der Waals surface area contributed by atoms with Crippen LogP contribution in [0.15, 0.2) is 46.9 Å². The SMILES string of the molecule is Clc1ccc(-c2nnc(COn3nnc4ccc(Cl)cc43)o2)cc1. The van der Waals surface area contributed by atoms with Crippen molar-refractivity contribution in [2.45, 2.75) is 6.61 Å². The Morgan fingerprint density at radius 1 is 0.958 bits per heavy atom. The maximum Gasteiger partial charge on any atom is 0.257 e. The van der Waals surface area contributed by atoms with Crippen LogP contribution in [-0.2, 0) is 6.61 Å². The lowest BCUT2D eigenvalue weighted by molar-refractivity contribution is 0.0618. The first-order valence-corrected chi connectivity index (χ1v) is 7.67. The third-order valence-electron chi connectivity index (χ3n) is 3.25. The number of halogens is 2. The van der Waals surface area contributed by atoms with Crippen LogP contribution in [0.4, 0.5) is 0 Å². The first-order chi connectivity index (χ1) is 11.7. The van der Waals surface area contributed by atoms with Crippen LogP contribution >= 0.6 is 23.2 Å². The fraction of sp³-hybridized carbons (Fsp3) is 0.0667. The van der Waals surface area contributed by atoms with Crippen molar-refractivity contribution in [3.8, 4) is 11.5 Å². The summed E-state index contributed by atoms with van der Waals surface area (Å²) in [6.45, 7) is 0.0472. The highest BCUT2D eigenvalue weighted by Crippen LogP contribution is 2.20. The molecule has 0 atom stereocenters. The third kappa shape index (κ3) is 2.91. The summed E-state index contributed by atoms with van der Waals surface area (Å²) < 4.78 is 5.57. The highest BCUT2D eigenvalue weighted by atomic mass is 35.5.